The van der Waals surface area contributed by atoms with Gasteiger partial charge in [0.1, 0.15) is 11.7 Å². The number of hydrogen-bond donors (Lipinski definition) is 1. The third-order valence-electron chi connectivity index (χ3n) is 10.8. The molecule has 3 aliphatic carbocycles. The number of nitrogens with zero attached hydrogens (tertiary/aromatic N) is 3. The van der Waals surface area contributed by atoms with Gasteiger partial charge in [0, 0.05) is 25.8 Å². The lowest BCUT2D eigenvalue weighted by Gasteiger charge is -2.32. The maximum absolute atomic E-state index is 14.6. The fourth-order valence-corrected chi connectivity index (χ4v) is 8.14. The molecule has 49 heavy (non-hydrogen) atoms. The van der Waals surface area contributed by atoms with Gasteiger partial charge in [-0.25, -0.2) is 9.38 Å². The van der Waals surface area contributed by atoms with Crippen LogP contribution in [0.1, 0.15) is 63.9 Å². The van der Waals surface area contributed by atoms with E-state index in [0.29, 0.717) is 56.4 Å². The monoisotopic (exact) mass is 688 g/mol. The van der Waals surface area contributed by atoms with Gasteiger partial charge in [-0.05, 0) is 119 Å². The molecule has 3 unspecified atom stereocenters. The van der Waals surface area contributed by atoms with Crippen molar-refractivity contribution in [2.24, 2.45) is 22.7 Å². The molecule has 0 aromatic heterocycles. The van der Waals surface area contributed by atoms with E-state index < -0.39 is 11.7 Å². The van der Waals surface area contributed by atoms with E-state index in [-0.39, 0.29) is 33.8 Å². The first-order chi connectivity index (χ1) is 23.1. The molecule has 1 N–H and O–H groups in total. The van der Waals surface area contributed by atoms with Gasteiger partial charge >= 0.3 is 6.18 Å². The number of allylic oxidation sites excluding steroid dienone is 7. The Morgan fingerprint density at radius 1 is 1.00 bits per heavy atom. The molecule has 0 spiro atoms. The minimum atomic E-state index is -4.22. The predicted octanol–water partition coefficient (Wildman–Crippen LogP) is 7.26. The van der Waals surface area contributed by atoms with Crippen LogP contribution in [-0.2, 0) is 15.1 Å². The fourth-order valence-electron chi connectivity index (χ4n) is 8.14. The smallest absolute Gasteiger partial charge is 0.383 e. The third kappa shape index (κ3) is 8.10. The first kappa shape index (κ1) is 37.1. The van der Waals surface area contributed by atoms with Gasteiger partial charge in [-0.1, -0.05) is 47.6 Å². The van der Waals surface area contributed by atoms with E-state index in [4.69, 9.17) is 9.73 Å². The largest absolute Gasteiger partial charge is 0.412 e. The zero-order valence-corrected chi connectivity index (χ0v) is 28.5. The number of alkyl halides is 3. The molecular weight excluding hydrogens is 639 g/mol. The molecule has 6 rings (SSSR count). The number of fused-ring (bicyclic) bond motifs is 1. The van der Waals surface area contributed by atoms with Gasteiger partial charge in [-0.2, -0.15) is 13.2 Å². The molecule has 0 bridgehead atoms. The number of hydrogen-bond acceptors (Lipinski definition) is 5. The number of rotatable bonds is 12. The maximum Gasteiger partial charge on any atom is 0.412 e. The first-order valence-corrected chi connectivity index (χ1v) is 17.6. The highest BCUT2D eigenvalue weighted by atomic mass is 19.4. The molecule has 0 radical (unpaired) electrons. The second kappa shape index (κ2) is 15.8. The number of benzene rings is 1. The second-order valence-corrected chi connectivity index (χ2v) is 14.0. The number of nitrogens with one attached hydrogen (secondary N) is 1. The molecule has 3 atom stereocenters. The van der Waals surface area contributed by atoms with Gasteiger partial charge in [-0.3, -0.25) is 14.4 Å². The van der Waals surface area contributed by atoms with Gasteiger partial charge in [0.05, 0.1) is 13.2 Å². The summed E-state index contributed by atoms with van der Waals surface area (Å²) < 4.78 is 59.3. The standard InChI is InChI=1S/C38H48F4N4O2.FH/c1-26-8-10-28(11-9-26)37(29-12-14-30(39)15-13-29)36(47)46(35(44-37)25-43-18-23-48-2)22-5-21-45-19-3-6-27(7-4-20-45)31-16-17-34(38(40,41)42)33-24-32(31)33;/h8,10,12-17,27,32-33,43H,3-7,9,11,18-25H2,1-2H3;1H. The van der Waals surface area contributed by atoms with Crippen molar-refractivity contribution in [2.75, 3.05) is 53.0 Å². The lowest BCUT2D eigenvalue weighted by atomic mass is 9.78. The van der Waals surface area contributed by atoms with Crippen molar-refractivity contribution in [3.63, 3.8) is 0 Å². The normalized spacial score (nSPS) is 26.4. The Balaban J connectivity index is 0.00000468. The minimum Gasteiger partial charge on any atom is -0.383 e. The van der Waals surface area contributed by atoms with Crippen molar-refractivity contribution in [3.05, 3.63) is 82.2 Å². The van der Waals surface area contributed by atoms with Crippen molar-refractivity contribution in [1.82, 2.24) is 15.1 Å². The Morgan fingerprint density at radius 3 is 2.39 bits per heavy atom. The lowest BCUT2D eigenvalue weighted by Crippen LogP contribution is -2.45. The molecule has 268 valence electrons. The highest BCUT2D eigenvalue weighted by Crippen LogP contribution is 2.57. The SMILES string of the molecule is COCCNCC1=NC(C2=CC=C(C)CC2)(c2ccc(F)cc2)C(=O)N1CCCN1CCCC(C2=CC=C(C(F)(F)F)C3CC23)CCC1.F. The summed E-state index contributed by atoms with van der Waals surface area (Å²) in [5, 5.41) is 3.37. The summed E-state index contributed by atoms with van der Waals surface area (Å²) in [6.07, 6.45) is 9.96. The van der Waals surface area contributed by atoms with Crippen LogP contribution in [0, 0.1) is 23.6 Å². The average molecular weight is 689 g/mol. The number of ether oxygens (including phenoxy) is 1. The average Bonchev–Trinajstić information content (AvgIpc) is 3.80. The van der Waals surface area contributed by atoms with Crippen molar-refractivity contribution < 1.29 is 31.8 Å². The number of amidine groups is 1. The number of aliphatic imine (C=N–C) groups is 1. The quantitative estimate of drug-likeness (QED) is 0.186. The Labute approximate surface area is 286 Å². The van der Waals surface area contributed by atoms with Crippen LogP contribution in [-0.4, -0.2) is 80.7 Å². The van der Waals surface area contributed by atoms with E-state index in [0.717, 1.165) is 63.7 Å². The molecule has 1 aromatic rings. The molecule has 1 aromatic carbocycles. The molecule has 11 heteroatoms. The van der Waals surface area contributed by atoms with Gasteiger partial charge in [0.25, 0.3) is 5.91 Å². The van der Waals surface area contributed by atoms with Crippen molar-refractivity contribution >= 4 is 11.7 Å². The second-order valence-electron chi connectivity index (χ2n) is 14.0. The number of carbonyl (C=O) groups excluding carboxylic acids is 1. The van der Waals surface area contributed by atoms with Crippen LogP contribution in [0.5, 0.6) is 0 Å². The number of amides is 1. The maximum atomic E-state index is 14.6. The van der Waals surface area contributed by atoms with Gasteiger partial charge in [-0.15, -0.1) is 0 Å². The summed E-state index contributed by atoms with van der Waals surface area (Å²) in [5.41, 5.74) is 2.53. The Kier molecular flexibility index (Phi) is 12.0. The van der Waals surface area contributed by atoms with Crippen LogP contribution in [0.2, 0.25) is 0 Å². The zero-order valence-electron chi connectivity index (χ0n) is 28.5. The van der Waals surface area contributed by atoms with E-state index in [1.54, 1.807) is 25.3 Å². The topological polar surface area (TPSA) is 57.2 Å². The molecule has 2 aliphatic heterocycles. The van der Waals surface area contributed by atoms with Crippen molar-refractivity contribution in [2.45, 2.75) is 70.0 Å². The predicted molar refractivity (Wildman–Crippen MR) is 182 cm³/mol. The van der Waals surface area contributed by atoms with Crippen LogP contribution in [0.15, 0.2) is 75.9 Å². The number of carbonyl (C=O) groups is 1. The van der Waals surface area contributed by atoms with E-state index in [1.807, 2.05) is 11.0 Å². The van der Waals surface area contributed by atoms with Gasteiger partial charge < -0.3 is 15.0 Å². The van der Waals surface area contributed by atoms with Crippen molar-refractivity contribution in [1.29, 1.82) is 0 Å². The number of methoxy groups -OCH3 is 1. The summed E-state index contributed by atoms with van der Waals surface area (Å²) in [5.74, 6) is 0.359. The van der Waals surface area contributed by atoms with Crippen LogP contribution in [0.25, 0.3) is 0 Å². The molecule has 2 heterocycles. The summed E-state index contributed by atoms with van der Waals surface area (Å²) in [4.78, 5) is 24.1. The lowest BCUT2D eigenvalue weighted by molar-refractivity contribution is -0.130. The summed E-state index contributed by atoms with van der Waals surface area (Å²) in [6.45, 7) is 6.91. The van der Waals surface area contributed by atoms with E-state index in [1.165, 1.54) is 29.4 Å². The molecule has 6 nitrogen and oxygen atoms in total. The first-order valence-electron chi connectivity index (χ1n) is 17.6. The highest BCUT2D eigenvalue weighted by Gasteiger charge is 2.54. The summed E-state index contributed by atoms with van der Waals surface area (Å²) in [7, 11) is 1.65. The summed E-state index contributed by atoms with van der Waals surface area (Å²) >= 11 is 0. The van der Waals surface area contributed by atoms with E-state index >= 15 is 0 Å². The molecule has 1 saturated carbocycles. The molecule has 1 amide bonds. The molecule has 5 aliphatic rings. The van der Waals surface area contributed by atoms with Crippen LogP contribution >= 0.6 is 0 Å². The van der Waals surface area contributed by atoms with Crippen LogP contribution in [0.4, 0.5) is 22.3 Å². The van der Waals surface area contributed by atoms with Crippen molar-refractivity contribution in [3.8, 4) is 0 Å². The number of likely N-dealkylation sites (tertiary alicyclic amines) is 1. The zero-order chi connectivity index (χ0) is 33.9. The summed E-state index contributed by atoms with van der Waals surface area (Å²) in [6, 6.07) is 6.18. The molecular formula is C38H49F5N4O2. The fraction of sp³-hybridized carbons (Fsp3) is 0.579. The molecule has 2 fully saturated rings. The highest BCUT2D eigenvalue weighted by molar-refractivity contribution is 6.11. The Hall–Kier alpha value is -3.15. The van der Waals surface area contributed by atoms with Crippen LogP contribution < -0.4 is 5.32 Å². The van der Waals surface area contributed by atoms with E-state index in [2.05, 4.69) is 23.2 Å². The number of halogens is 5. The van der Waals surface area contributed by atoms with E-state index in [9.17, 15) is 22.4 Å². The minimum absolute atomic E-state index is 0. The Morgan fingerprint density at radius 2 is 1.73 bits per heavy atom. The van der Waals surface area contributed by atoms with Gasteiger partial charge in [0.2, 0.25) is 0 Å². The Bertz CT molecular complexity index is 1490. The third-order valence-corrected chi connectivity index (χ3v) is 10.8. The molecule has 1 saturated heterocycles. The van der Waals surface area contributed by atoms with Crippen LogP contribution in [0.3, 0.4) is 0 Å². The van der Waals surface area contributed by atoms with Gasteiger partial charge in [0.15, 0.2) is 5.54 Å².